The summed E-state index contributed by atoms with van der Waals surface area (Å²) in [5, 5.41) is 0. The summed E-state index contributed by atoms with van der Waals surface area (Å²) >= 11 is 16.4. The number of carbonyl (C=O) groups excluding carboxylic acids is 1. The van der Waals surface area contributed by atoms with E-state index < -0.39 is 9.58 Å². The number of rotatable bonds is 2. The van der Waals surface area contributed by atoms with Crippen LogP contribution in [0, 0.1) is 0 Å². The number of ketones is 1. The molecule has 0 amide bonds. The van der Waals surface area contributed by atoms with Gasteiger partial charge in [-0.1, -0.05) is 34.8 Å². The van der Waals surface area contributed by atoms with Crippen LogP contribution in [0.1, 0.15) is 17.4 Å². The molecule has 0 saturated heterocycles. The standard InChI is InChI=1S/C8H8Cl3NO/c1-2-12-5-3-4-6(12)7(13)8(9,10)11/h3-5H,2H2,1H3. The van der Waals surface area contributed by atoms with Crippen LogP contribution in [0.5, 0.6) is 0 Å². The predicted octanol–water partition coefficient (Wildman–Crippen LogP) is 3.06. The van der Waals surface area contributed by atoms with Crippen LogP contribution in [-0.4, -0.2) is 14.1 Å². The lowest BCUT2D eigenvalue weighted by Crippen LogP contribution is -2.21. The Hall–Kier alpha value is -0.180. The molecule has 0 bridgehead atoms. The minimum absolute atomic E-state index is 0.419. The zero-order chi connectivity index (χ0) is 10.1. The fraction of sp³-hybridized carbons (Fsp3) is 0.375. The van der Waals surface area contributed by atoms with Crippen LogP contribution in [0.2, 0.25) is 0 Å². The molecule has 5 heteroatoms. The maximum absolute atomic E-state index is 11.5. The molecule has 1 rings (SSSR count). The molecule has 0 N–H and O–H groups in total. The van der Waals surface area contributed by atoms with Gasteiger partial charge in [0.2, 0.25) is 5.78 Å². The van der Waals surface area contributed by atoms with E-state index in [9.17, 15) is 4.79 Å². The third-order valence-corrected chi connectivity index (χ3v) is 2.18. The third-order valence-electron chi connectivity index (χ3n) is 1.66. The number of halogens is 3. The first-order chi connectivity index (χ1) is 5.96. The van der Waals surface area contributed by atoms with Crippen molar-refractivity contribution < 1.29 is 4.79 Å². The highest BCUT2D eigenvalue weighted by Gasteiger charge is 2.33. The molecule has 1 aromatic rings. The van der Waals surface area contributed by atoms with Crippen LogP contribution in [0.3, 0.4) is 0 Å². The minimum atomic E-state index is -1.87. The maximum Gasteiger partial charge on any atom is 0.255 e. The van der Waals surface area contributed by atoms with Gasteiger partial charge in [-0.25, -0.2) is 0 Å². The molecule has 1 aromatic heterocycles. The van der Waals surface area contributed by atoms with Gasteiger partial charge in [0.15, 0.2) is 0 Å². The van der Waals surface area contributed by atoms with Crippen LogP contribution in [0.15, 0.2) is 18.3 Å². The average molecular weight is 241 g/mol. The molecule has 72 valence electrons. The topological polar surface area (TPSA) is 22.0 Å². The quantitative estimate of drug-likeness (QED) is 0.575. The van der Waals surface area contributed by atoms with Gasteiger partial charge < -0.3 is 4.57 Å². The van der Waals surface area contributed by atoms with E-state index in [2.05, 4.69) is 0 Å². The SMILES string of the molecule is CCn1cccc1C(=O)C(Cl)(Cl)Cl. The maximum atomic E-state index is 11.5. The second kappa shape index (κ2) is 3.91. The number of carbonyl (C=O) groups is 1. The number of aryl methyl sites for hydroxylation is 1. The first kappa shape index (κ1) is 10.9. The summed E-state index contributed by atoms with van der Waals surface area (Å²) in [6.07, 6.45) is 1.77. The molecule has 0 saturated carbocycles. The summed E-state index contributed by atoms with van der Waals surface area (Å²) in [4.78, 5) is 11.5. The predicted molar refractivity (Wildman–Crippen MR) is 54.7 cm³/mol. The summed E-state index contributed by atoms with van der Waals surface area (Å²) in [5.41, 5.74) is 0.419. The van der Waals surface area contributed by atoms with Crippen molar-refractivity contribution in [3.8, 4) is 0 Å². The summed E-state index contributed by atoms with van der Waals surface area (Å²) in [5.74, 6) is -0.496. The molecular formula is C8H8Cl3NO. The Labute approximate surface area is 91.4 Å². The first-order valence-corrected chi connectivity index (χ1v) is 4.87. The highest BCUT2D eigenvalue weighted by molar-refractivity contribution is 6.77. The molecular weight excluding hydrogens is 232 g/mol. The van der Waals surface area contributed by atoms with Crippen molar-refractivity contribution in [2.24, 2.45) is 0 Å². The smallest absolute Gasteiger partial charge is 0.255 e. The van der Waals surface area contributed by atoms with E-state index in [4.69, 9.17) is 34.8 Å². The van der Waals surface area contributed by atoms with Crippen LogP contribution < -0.4 is 0 Å². The third kappa shape index (κ3) is 2.39. The van der Waals surface area contributed by atoms with E-state index in [-0.39, 0.29) is 0 Å². The van der Waals surface area contributed by atoms with Crippen molar-refractivity contribution in [3.63, 3.8) is 0 Å². The Morgan fingerprint density at radius 2 is 2.15 bits per heavy atom. The fourth-order valence-corrected chi connectivity index (χ4v) is 1.33. The molecule has 0 atom stereocenters. The number of nitrogens with zero attached hydrogens (tertiary/aromatic N) is 1. The second-order valence-corrected chi connectivity index (χ2v) is 4.79. The monoisotopic (exact) mass is 239 g/mol. The lowest BCUT2D eigenvalue weighted by molar-refractivity contribution is 0.0987. The summed E-state index contributed by atoms with van der Waals surface area (Å²) < 4.78 is -0.143. The number of alkyl halides is 3. The van der Waals surface area contributed by atoms with Crippen LogP contribution >= 0.6 is 34.8 Å². The molecule has 0 spiro atoms. The van der Waals surface area contributed by atoms with Gasteiger partial charge in [-0.15, -0.1) is 0 Å². The zero-order valence-electron chi connectivity index (χ0n) is 6.93. The van der Waals surface area contributed by atoms with E-state index in [0.717, 1.165) is 0 Å². The molecule has 0 aromatic carbocycles. The van der Waals surface area contributed by atoms with Crippen molar-refractivity contribution >= 4 is 40.6 Å². The molecule has 0 aliphatic carbocycles. The van der Waals surface area contributed by atoms with Gasteiger partial charge in [0.05, 0.1) is 5.69 Å². The number of aromatic nitrogens is 1. The number of Topliss-reactive ketones (excluding diaryl/α,β-unsaturated/α-hetero) is 1. The normalized spacial score (nSPS) is 11.7. The average Bonchev–Trinajstić information content (AvgIpc) is 2.48. The lowest BCUT2D eigenvalue weighted by atomic mass is 10.3. The van der Waals surface area contributed by atoms with Gasteiger partial charge in [0.1, 0.15) is 0 Å². The van der Waals surface area contributed by atoms with Crippen molar-refractivity contribution in [2.45, 2.75) is 17.3 Å². The van der Waals surface area contributed by atoms with E-state index in [1.807, 2.05) is 6.92 Å². The molecule has 2 nitrogen and oxygen atoms in total. The Morgan fingerprint density at radius 1 is 1.54 bits per heavy atom. The van der Waals surface area contributed by atoms with Crippen molar-refractivity contribution in [2.75, 3.05) is 0 Å². The Morgan fingerprint density at radius 3 is 2.62 bits per heavy atom. The van der Waals surface area contributed by atoms with Gasteiger partial charge in [-0.2, -0.15) is 0 Å². The van der Waals surface area contributed by atoms with Gasteiger partial charge >= 0.3 is 0 Å². The second-order valence-electron chi connectivity index (χ2n) is 2.51. The fourth-order valence-electron chi connectivity index (χ4n) is 1.04. The van der Waals surface area contributed by atoms with Crippen molar-refractivity contribution in [3.05, 3.63) is 24.0 Å². The summed E-state index contributed by atoms with van der Waals surface area (Å²) in [6, 6.07) is 3.38. The van der Waals surface area contributed by atoms with E-state index in [1.54, 1.807) is 22.9 Å². The molecule has 1 heterocycles. The van der Waals surface area contributed by atoms with Crippen LogP contribution in [0.25, 0.3) is 0 Å². The zero-order valence-corrected chi connectivity index (χ0v) is 9.20. The molecule has 0 aliphatic rings. The van der Waals surface area contributed by atoms with Gasteiger partial charge in [0.25, 0.3) is 3.79 Å². The largest absolute Gasteiger partial charge is 0.345 e. The van der Waals surface area contributed by atoms with Crippen LogP contribution in [-0.2, 0) is 6.54 Å². The molecule has 0 fully saturated rings. The summed E-state index contributed by atoms with van der Waals surface area (Å²) in [7, 11) is 0. The molecule has 13 heavy (non-hydrogen) atoms. The highest BCUT2D eigenvalue weighted by Crippen LogP contribution is 2.30. The van der Waals surface area contributed by atoms with Crippen molar-refractivity contribution in [1.82, 2.24) is 4.57 Å². The molecule has 0 aliphatic heterocycles. The van der Waals surface area contributed by atoms with E-state index in [0.29, 0.717) is 12.2 Å². The van der Waals surface area contributed by atoms with Crippen LogP contribution in [0.4, 0.5) is 0 Å². The minimum Gasteiger partial charge on any atom is -0.345 e. The molecule has 0 radical (unpaired) electrons. The molecule has 0 unspecified atom stereocenters. The van der Waals surface area contributed by atoms with Gasteiger partial charge in [-0.3, -0.25) is 4.79 Å². The first-order valence-electron chi connectivity index (χ1n) is 3.73. The van der Waals surface area contributed by atoms with E-state index in [1.165, 1.54) is 0 Å². The number of hydrogen-bond donors (Lipinski definition) is 0. The highest BCUT2D eigenvalue weighted by atomic mass is 35.6. The Balaban J connectivity index is 3.02. The van der Waals surface area contributed by atoms with Gasteiger partial charge in [0, 0.05) is 12.7 Å². The number of hydrogen-bond acceptors (Lipinski definition) is 1. The lowest BCUT2D eigenvalue weighted by Gasteiger charge is -2.10. The van der Waals surface area contributed by atoms with E-state index >= 15 is 0 Å². The Kier molecular flexibility index (Phi) is 3.28. The Bertz CT molecular complexity index is 313. The van der Waals surface area contributed by atoms with Crippen molar-refractivity contribution in [1.29, 1.82) is 0 Å². The summed E-state index contributed by atoms with van der Waals surface area (Å²) in [6.45, 7) is 2.59. The van der Waals surface area contributed by atoms with Gasteiger partial charge in [-0.05, 0) is 19.1 Å².